The zero-order chi connectivity index (χ0) is 15.8. The fourth-order valence-electron chi connectivity index (χ4n) is 1.68. The number of pyridine rings is 1. The van der Waals surface area contributed by atoms with E-state index in [0.29, 0.717) is 23.7 Å². The van der Waals surface area contributed by atoms with Crippen LogP contribution in [0.4, 0.5) is 5.82 Å². The zero-order valence-electron chi connectivity index (χ0n) is 12.2. The van der Waals surface area contributed by atoms with Crippen LogP contribution < -0.4 is 15.4 Å². The Kier molecular flexibility index (Phi) is 5.32. The van der Waals surface area contributed by atoms with E-state index in [0.717, 1.165) is 5.56 Å². The Morgan fingerprint density at radius 2 is 2.05 bits per heavy atom. The van der Waals surface area contributed by atoms with Crippen LogP contribution in [0.5, 0.6) is 5.75 Å². The number of likely N-dealkylation sites (N-methyl/N-ethyl adjacent to an activating group) is 1. The molecule has 1 aromatic carbocycles. The van der Waals surface area contributed by atoms with Gasteiger partial charge in [-0.15, -0.1) is 0 Å². The van der Waals surface area contributed by atoms with Crippen molar-refractivity contribution in [3.63, 3.8) is 0 Å². The molecule has 0 aliphatic carbocycles. The number of anilines is 1. The number of benzene rings is 1. The lowest BCUT2D eigenvalue weighted by molar-refractivity contribution is -0.122. The lowest BCUT2D eigenvalue weighted by Gasteiger charge is -2.08. The Morgan fingerprint density at radius 1 is 1.27 bits per heavy atom. The van der Waals surface area contributed by atoms with Crippen molar-refractivity contribution in [2.75, 3.05) is 19.0 Å². The summed E-state index contributed by atoms with van der Waals surface area (Å²) in [6.07, 6.45) is 1.53. The van der Waals surface area contributed by atoms with Gasteiger partial charge in [0.25, 0.3) is 5.91 Å². The van der Waals surface area contributed by atoms with E-state index < -0.39 is 0 Å². The van der Waals surface area contributed by atoms with Gasteiger partial charge in [-0.25, -0.2) is 4.98 Å². The molecule has 0 aliphatic heterocycles. The molecule has 2 aromatic rings. The molecule has 0 radical (unpaired) electrons. The summed E-state index contributed by atoms with van der Waals surface area (Å²) in [4.78, 5) is 15.2. The molecule has 6 nitrogen and oxygen atoms in total. The van der Waals surface area contributed by atoms with E-state index in [4.69, 9.17) is 10.00 Å². The first-order valence-electron chi connectivity index (χ1n) is 6.73. The Hall–Kier alpha value is -3.07. The van der Waals surface area contributed by atoms with Gasteiger partial charge < -0.3 is 15.4 Å². The van der Waals surface area contributed by atoms with E-state index >= 15 is 0 Å². The molecule has 0 aliphatic rings. The summed E-state index contributed by atoms with van der Waals surface area (Å²) in [5.74, 6) is 1.18. The predicted molar refractivity (Wildman–Crippen MR) is 82.3 cm³/mol. The second-order valence-corrected chi connectivity index (χ2v) is 4.50. The smallest absolute Gasteiger partial charge is 0.257 e. The Morgan fingerprint density at radius 3 is 2.64 bits per heavy atom. The van der Waals surface area contributed by atoms with Crippen LogP contribution in [0.3, 0.4) is 0 Å². The van der Waals surface area contributed by atoms with Crippen molar-refractivity contribution in [1.82, 2.24) is 10.3 Å². The van der Waals surface area contributed by atoms with Crippen LogP contribution in [0.15, 0.2) is 42.6 Å². The van der Waals surface area contributed by atoms with Gasteiger partial charge in [-0.1, -0.05) is 12.1 Å². The SMILES string of the molecule is CNC(=O)COc1ccc(CNc2ccc(C#N)cn2)cc1. The van der Waals surface area contributed by atoms with Gasteiger partial charge in [-0.2, -0.15) is 5.26 Å². The van der Waals surface area contributed by atoms with E-state index in [2.05, 4.69) is 15.6 Å². The minimum atomic E-state index is -0.169. The monoisotopic (exact) mass is 296 g/mol. The van der Waals surface area contributed by atoms with Gasteiger partial charge >= 0.3 is 0 Å². The summed E-state index contributed by atoms with van der Waals surface area (Å²) in [5, 5.41) is 14.4. The maximum Gasteiger partial charge on any atom is 0.257 e. The van der Waals surface area contributed by atoms with Crippen molar-refractivity contribution in [1.29, 1.82) is 5.26 Å². The average molecular weight is 296 g/mol. The standard InChI is InChI=1S/C16H16N4O2/c1-18-16(21)11-22-14-5-2-12(3-6-14)9-19-15-7-4-13(8-17)10-20-15/h2-7,10H,9,11H2,1H3,(H,18,21)(H,19,20). The summed E-state index contributed by atoms with van der Waals surface area (Å²) in [7, 11) is 1.57. The molecular weight excluding hydrogens is 280 g/mol. The number of hydrogen-bond acceptors (Lipinski definition) is 5. The molecule has 0 bridgehead atoms. The minimum absolute atomic E-state index is 0.00323. The molecule has 1 heterocycles. The van der Waals surface area contributed by atoms with Crippen molar-refractivity contribution in [2.24, 2.45) is 0 Å². The summed E-state index contributed by atoms with van der Waals surface area (Å²) in [5.41, 5.74) is 1.58. The molecule has 2 N–H and O–H groups in total. The quantitative estimate of drug-likeness (QED) is 0.847. The molecule has 6 heteroatoms. The van der Waals surface area contributed by atoms with Crippen LogP contribution in [0, 0.1) is 11.3 Å². The third kappa shape index (κ3) is 4.49. The first-order chi connectivity index (χ1) is 10.7. The fourth-order valence-corrected chi connectivity index (χ4v) is 1.68. The lowest BCUT2D eigenvalue weighted by Crippen LogP contribution is -2.24. The first kappa shape index (κ1) is 15.3. The van der Waals surface area contributed by atoms with E-state index in [1.807, 2.05) is 30.3 Å². The fraction of sp³-hybridized carbons (Fsp3) is 0.188. The van der Waals surface area contributed by atoms with Gasteiger partial charge in [-0.3, -0.25) is 4.79 Å². The van der Waals surface area contributed by atoms with E-state index in [1.54, 1.807) is 19.2 Å². The molecule has 1 amide bonds. The van der Waals surface area contributed by atoms with E-state index in [-0.39, 0.29) is 12.5 Å². The van der Waals surface area contributed by atoms with Crippen LogP contribution in [0.2, 0.25) is 0 Å². The molecule has 1 aromatic heterocycles. The van der Waals surface area contributed by atoms with Crippen LogP contribution in [0.1, 0.15) is 11.1 Å². The Balaban J connectivity index is 1.85. The number of hydrogen-bond donors (Lipinski definition) is 2. The highest BCUT2D eigenvalue weighted by molar-refractivity contribution is 5.77. The summed E-state index contributed by atoms with van der Waals surface area (Å²) < 4.78 is 5.33. The van der Waals surface area contributed by atoms with Crippen LogP contribution >= 0.6 is 0 Å². The Labute approximate surface area is 128 Å². The molecule has 0 saturated carbocycles. The Bertz CT molecular complexity index is 660. The van der Waals surface area contributed by atoms with Crippen molar-refractivity contribution >= 4 is 11.7 Å². The number of aromatic nitrogens is 1. The molecule has 2 rings (SSSR count). The third-order valence-corrected chi connectivity index (χ3v) is 2.94. The largest absolute Gasteiger partial charge is 0.484 e. The van der Waals surface area contributed by atoms with Gasteiger partial charge in [0.15, 0.2) is 6.61 Å². The lowest BCUT2D eigenvalue weighted by atomic mass is 10.2. The predicted octanol–water partition coefficient (Wildman–Crippen LogP) is 1.69. The highest BCUT2D eigenvalue weighted by Gasteiger charge is 2.01. The number of nitrogens with one attached hydrogen (secondary N) is 2. The summed E-state index contributed by atoms with van der Waals surface area (Å²) in [6, 6.07) is 13.0. The second kappa shape index (κ2) is 7.64. The maximum absolute atomic E-state index is 11.1. The molecular formula is C16H16N4O2. The highest BCUT2D eigenvalue weighted by atomic mass is 16.5. The van der Waals surface area contributed by atoms with E-state index in [1.165, 1.54) is 6.20 Å². The molecule has 22 heavy (non-hydrogen) atoms. The molecule has 0 unspecified atom stereocenters. The molecule has 0 fully saturated rings. The minimum Gasteiger partial charge on any atom is -0.484 e. The number of rotatable bonds is 6. The third-order valence-electron chi connectivity index (χ3n) is 2.94. The van der Waals surface area contributed by atoms with Crippen LogP contribution in [-0.4, -0.2) is 24.5 Å². The highest BCUT2D eigenvalue weighted by Crippen LogP contribution is 2.13. The van der Waals surface area contributed by atoms with Crippen molar-refractivity contribution in [3.05, 3.63) is 53.7 Å². The van der Waals surface area contributed by atoms with Gasteiger partial charge in [0.1, 0.15) is 17.6 Å². The number of nitriles is 1. The summed E-state index contributed by atoms with van der Waals surface area (Å²) >= 11 is 0. The maximum atomic E-state index is 11.1. The molecule has 0 spiro atoms. The number of nitrogens with zero attached hydrogens (tertiary/aromatic N) is 2. The molecule has 112 valence electrons. The number of ether oxygens (including phenoxy) is 1. The van der Waals surface area contributed by atoms with Gasteiger partial charge in [0, 0.05) is 19.8 Å². The second-order valence-electron chi connectivity index (χ2n) is 4.50. The van der Waals surface area contributed by atoms with Crippen molar-refractivity contribution < 1.29 is 9.53 Å². The van der Waals surface area contributed by atoms with Crippen molar-refractivity contribution in [3.8, 4) is 11.8 Å². The topological polar surface area (TPSA) is 87.0 Å². The normalized spacial score (nSPS) is 9.64. The molecule has 0 atom stereocenters. The average Bonchev–Trinajstić information content (AvgIpc) is 2.59. The van der Waals surface area contributed by atoms with Gasteiger partial charge in [0.05, 0.1) is 5.56 Å². The van der Waals surface area contributed by atoms with Gasteiger partial charge in [0.2, 0.25) is 0 Å². The first-order valence-corrected chi connectivity index (χ1v) is 6.73. The number of amides is 1. The zero-order valence-corrected chi connectivity index (χ0v) is 12.2. The number of carbonyl (C=O) groups excluding carboxylic acids is 1. The number of carbonyl (C=O) groups is 1. The van der Waals surface area contributed by atoms with Crippen LogP contribution in [0.25, 0.3) is 0 Å². The van der Waals surface area contributed by atoms with Crippen molar-refractivity contribution in [2.45, 2.75) is 6.54 Å². The van der Waals surface area contributed by atoms with Crippen LogP contribution in [-0.2, 0) is 11.3 Å². The van der Waals surface area contributed by atoms with Gasteiger partial charge in [-0.05, 0) is 29.8 Å². The van der Waals surface area contributed by atoms with E-state index in [9.17, 15) is 4.79 Å². The molecule has 0 saturated heterocycles. The summed E-state index contributed by atoms with van der Waals surface area (Å²) in [6.45, 7) is 0.609.